The number of pyridine rings is 1. The van der Waals surface area contributed by atoms with Gasteiger partial charge in [-0.15, -0.1) is 0 Å². The third-order valence-corrected chi connectivity index (χ3v) is 4.40. The van der Waals surface area contributed by atoms with E-state index < -0.39 is 5.97 Å². The Bertz CT molecular complexity index is 698. The standard InChI is InChI=1S/C16H16BrNO3/c1-9-8-10(2)14(11(3)13(9)17)21-15-12(16(19)20-4)6-5-7-18-15/h5-8H,1-4H3. The molecule has 0 unspecified atom stereocenters. The van der Waals surface area contributed by atoms with E-state index in [0.717, 1.165) is 21.2 Å². The van der Waals surface area contributed by atoms with E-state index in [1.165, 1.54) is 7.11 Å². The average molecular weight is 350 g/mol. The number of aromatic nitrogens is 1. The maximum absolute atomic E-state index is 11.8. The summed E-state index contributed by atoms with van der Waals surface area (Å²) < 4.78 is 11.6. The molecule has 0 atom stereocenters. The first-order chi connectivity index (χ1) is 9.95. The molecular formula is C16H16BrNO3. The van der Waals surface area contributed by atoms with Crippen LogP contribution in [0.2, 0.25) is 0 Å². The molecule has 2 rings (SSSR count). The third-order valence-electron chi connectivity index (χ3n) is 3.18. The Labute approximate surface area is 132 Å². The van der Waals surface area contributed by atoms with Crippen molar-refractivity contribution in [3.8, 4) is 11.6 Å². The van der Waals surface area contributed by atoms with Gasteiger partial charge in [0.2, 0.25) is 5.88 Å². The molecule has 0 fully saturated rings. The Morgan fingerprint density at radius 2 is 1.95 bits per heavy atom. The van der Waals surface area contributed by atoms with Crippen LogP contribution in [0, 0.1) is 20.8 Å². The number of benzene rings is 1. The Balaban J connectivity index is 2.49. The highest BCUT2D eigenvalue weighted by atomic mass is 79.9. The minimum absolute atomic E-state index is 0.242. The van der Waals surface area contributed by atoms with Gasteiger partial charge in [0.05, 0.1) is 7.11 Å². The van der Waals surface area contributed by atoms with Gasteiger partial charge in [-0.3, -0.25) is 0 Å². The van der Waals surface area contributed by atoms with Gasteiger partial charge < -0.3 is 9.47 Å². The number of carbonyl (C=O) groups is 1. The van der Waals surface area contributed by atoms with Crippen molar-refractivity contribution in [2.24, 2.45) is 0 Å². The predicted octanol–water partition coefficient (Wildman–Crippen LogP) is 4.35. The topological polar surface area (TPSA) is 48.4 Å². The molecule has 0 N–H and O–H groups in total. The molecule has 1 heterocycles. The van der Waals surface area contributed by atoms with Crippen molar-refractivity contribution in [2.75, 3.05) is 7.11 Å². The first kappa shape index (κ1) is 15.5. The lowest BCUT2D eigenvalue weighted by atomic mass is 10.1. The number of hydrogen-bond donors (Lipinski definition) is 0. The molecule has 0 saturated carbocycles. The van der Waals surface area contributed by atoms with Gasteiger partial charge in [0.15, 0.2) is 0 Å². The van der Waals surface area contributed by atoms with Gasteiger partial charge in [0, 0.05) is 16.2 Å². The van der Waals surface area contributed by atoms with Gasteiger partial charge in [-0.25, -0.2) is 9.78 Å². The van der Waals surface area contributed by atoms with Crippen LogP contribution >= 0.6 is 15.9 Å². The van der Waals surface area contributed by atoms with E-state index in [-0.39, 0.29) is 5.88 Å². The molecular weight excluding hydrogens is 334 g/mol. The molecule has 0 bridgehead atoms. The fourth-order valence-electron chi connectivity index (χ4n) is 2.14. The molecule has 0 aliphatic rings. The normalized spacial score (nSPS) is 10.3. The summed E-state index contributed by atoms with van der Waals surface area (Å²) in [5.74, 6) is 0.460. The molecule has 0 spiro atoms. The van der Waals surface area contributed by atoms with Gasteiger partial charge >= 0.3 is 5.97 Å². The molecule has 4 nitrogen and oxygen atoms in total. The van der Waals surface area contributed by atoms with Crippen LogP contribution in [0.25, 0.3) is 0 Å². The number of ether oxygens (including phenoxy) is 2. The van der Waals surface area contributed by atoms with E-state index >= 15 is 0 Å². The zero-order valence-electron chi connectivity index (χ0n) is 12.4. The summed E-state index contributed by atoms with van der Waals surface area (Å²) in [4.78, 5) is 15.9. The van der Waals surface area contributed by atoms with E-state index in [2.05, 4.69) is 20.9 Å². The Hall–Kier alpha value is -1.88. The highest BCUT2D eigenvalue weighted by Crippen LogP contribution is 2.35. The first-order valence-electron chi connectivity index (χ1n) is 6.43. The number of rotatable bonds is 3. The maximum Gasteiger partial charge on any atom is 0.343 e. The summed E-state index contributed by atoms with van der Waals surface area (Å²) in [5.41, 5.74) is 3.38. The zero-order valence-corrected chi connectivity index (χ0v) is 13.9. The molecule has 0 aliphatic carbocycles. The molecule has 0 aliphatic heterocycles. The fraction of sp³-hybridized carbons (Fsp3) is 0.250. The van der Waals surface area contributed by atoms with E-state index in [0.29, 0.717) is 11.3 Å². The van der Waals surface area contributed by atoms with Crippen LogP contribution in [0.1, 0.15) is 27.0 Å². The number of esters is 1. The molecule has 0 amide bonds. The van der Waals surface area contributed by atoms with E-state index in [9.17, 15) is 4.79 Å². The number of nitrogens with zero attached hydrogens (tertiary/aromatic N) is 1. The summed E-state index contributed by atoms with van der Waals surface area (Å²) >= 11 is 3.55. The van der Waals surface area contributed by atoms with Crippen molar-refractivity contribution in [3.63, 3.8) is 0 Å². The van der Waals surface area contributed by atoms with Crippen molar-refractivity contribution < 1.29 is 14.3 Å². The average Bonchev–Trinajstić information content (AvgIpc) is 2.49. The second-order valence-corrected chi connectivity index (χ2v) is 5.52. The van der Waals surface area contributed by atoms with E-state index in [1.54, 1.807) is 18.3 Å². The third kappa shape index (κ3) is 3.08. The van der Waals surface area contributed by atoms with E-state index in [4.69, 9.17) is 9.47 Å². The van der Waals surface area contributed by atoms with Gasteiger partial charge in [-0.1, -0.05) is 22.0 Å². The Morgan fingerprint density at radius 3 is 2.62 bits per heavy atom. The van der Waals surface area contributed by atoms with Crippen molar-refractivity contribution in [1.82, 2.24) is 4.98 Å². The highest BCUT2D eigenvalue weighted by molar-refractivity contribution is 9.10. The monoisotopic (exact) mass is 349 g/mol. The second-order valence-electron chi connectivity index (χ2n) is 4.73. The number of hydrogen-bond acceptors (Lipinski definition) is 4. The van der Waals surface area contributed by atoms with Gasteiger partial charge in [0.25, 0.3) is 0 Å². The van der Waals surface area contributed by atoms with Gasteiger partial charge in [0.1, 0.15) is 11.3 Å². The Kier molecular flexibility index (Phi) is 4.63. The SMILES string of the molecule is COC(=O)c1cccnc1Oc1c(C)cc(C)c(Br)c1C. The number of halogens is 1. The first-order valence-corrected chi connectivity index (χ1v) is 7.22. The summed E-state index contributed by atoms with van der Waals surface area (Å²) in [7, 11) is 1.33. The molecule has 1 aromatic carbocycles. The number of carbonyl (C=O) groups excluding carboxylic acids is 1. The minimum atomic E-state index is -0.473. The van der Waals surface area contributed by atoms with Crippen LogP contribution in [-0.2, 0) is 4.74 Å². The molecule has 1 aromatic heterocycles. The van der Waals surface area contributed by atoms with Crippen LogP contribution in [0.4, 0.5) is 0 Å². The quantitative estimate of drug-likeness (QED) is 0.773. The zero-order chi connectivity index (χ0) is 15.6. The molecule has 0 saturated heterocycles. The lowest BCUT2D eigenvalue weighted by Crippen LogP contribution is -2.06. The highest BCUT2D eigenvalue weighted by Gasteiger charge is 2.17. The largest absolute Gasteiger partial charge is 0.465 e. The predicted molar refractivity (Wildman–Crippen MR) is 84.0 cm³/mol. The van der Waals surface area contributed by atoms with Crippen molar-refractivity contribution in [1.29, 1.82) is 0 Å². The summed E-state index contributed by atoms with van der Waals surface area (Å²) in [6.07, 6.45) is 1.58. The summed E-state index contributed by atoms with van der Waals surface area (Å²) in [6.45, 7) is 5.94. The van der Waals surface area contributed by atoms with Crippen molar-refractivity contribution in [2.45, 2.75) is 20.8 Å². The lowest BCUT2D eigenvalue weighted by molar-refractivity contribution is 0.0597. The molecule has 21 heavy (non-hydrogen) atoms. The van der Waals surface area contributed by atoms with E-state index in [1.807, 2.05) is 26.8 Å². The van der Waals surface area contributed by atoms with Crippen LogP contribution in [0.3, 0.4) is 0 Å². The molecule has 2 aromatic rings. The van der Waals surface area contributed by atoms with Crippen LogP contribution in [0.5, 0.6) is 11.6 Å². The summed E-state index contributed by atoms with van der Waals surface area (Å²) in [5, 5.41) is 0. The second kappa shape index (κ2) is 6.26. The summed E-state index contributed by atoms with van der Waals surface area (Å²) in [6, 6.07) is 5.32. The maximum atomic E-state index is 11.8. The Morgan fingerprint density at radius 1 is 1.24 bits per heavy atom. The number of methoxy groups -OCH3 is 1. The van der Waals surface area contributed by atoms with Crippen LogP contribution in [0.15, 0.2) is 28.9 Å². The number of aryl methyl sites for hydroxylation is 2. The van der Waals surface area contributed by atoms with Crippen LogP contribution < -0.4 is 4.74 Å². The fourth-order valence-corrected chi connectivity index (χ4v) is 2.43. The molecule has 0 radical (unpaired) electrons. The van der Waals surface area contributed by atoms with Gasteiger partial charge in [-0.05, 0) is 44.0 Å². The van der Waals surface area contributed by atoms with Crippen LogP contribution in [-0.4, -0.2) is 18.1 Å². The van der Waals surface area contributed by atoms with Gasteiger partial charge in [-0.2, -0.15) is 0 Å². The van der Waals surface area contributed by atoms with Crippen molar-refractivity contribution >= 4 is 21.9 Å². The van der Waals surface area contributed by atoms with Crippen molar-refractivity contribution in [3.05, 3.63) is 51.1 Å². The lowest BCUT2D eigenvalue weighted by Gasteiger charge is -2.15. The molecule has 5 heteroatoms. The minimum Gasteiger partial charge on any atom is -0.465 e. The molecule has 110 valence electrons. The smallest absolute Gasteiger partial charge is 0.343 e.